The Hall–Kier alpha value is -12.8. The summed E-state index contributed by atoms with van der Waals surface area (Å²) in [6.07, 6.45) is 39.8. The number of nitrogens with one attached hydrogen (secondary N) is 1. The van der Waals surface area contributed by atoms with Crippen LogP contribution in [0.4, 0.5) is 0 Å². The zero-order valence-electron chi connectivity index (χ0n) is 69.2. The molecule has 10 rings (SSSR count). The van der Waals surface area contributed by atoms with E-state index in [4.69, 9.17) is 38.2 Å². The number of phenolic OH excluding ortho intramolecular Hbond substituents is 4. The van der Waals surface area contributed by atoms with E-state index in [0.29, 0.717) is 47.2 Å². The first-order valence-electron chi connectivity index (χ1n) is 36.0. The van der Waals surface area contributed by atoms with Crippen LogP contribution in [0.25, 0.3) is 48.6 Å². The van der Waals surface area contributed by atoms with Crippen molar-refractivity contribution >= 4 is 124 Å². The van der Waals surface area contributed by atoms with Gasteiger partial charge in [-0.1, -0.05) is 85.0 Å². The zero-order valence-corrected chi connectivity index (χ0v) is 72.1. The molecule has 0 aliphatic rings. The number of alkyl halides is 1. The maximum absolute atomic E-state index is 12.7. The van der Waals surface area contributed by atoms with Gasteiger partial charge in [0, 0.05) is 111 Å². The molecule has 6 heterocycles. The van der Waals surface area contributed by atoms with Gasteiger partial charge in [0.1, 0.15) is 58.2 Å². The molecule has 10 aromatic rings. The van der Waals surface area contributed by atoms with Gasteiger partial charge in [-0.2, -0.15) is 0 Å². The van der Waals surface area contributed by atoms with Crippen LogP contribution in [0, 0.1) is 55.4 Å². The maximum atomic E-state index is 12.7. The van der Waals surface area contributed by atoms with E-state index in [2.05, 4.69) is 89.3 Å². The summed E-state index contributed by atoms with van der Waals surface area (Å²) in [5.41, 5.74) is 19.8. The predicted molar refractivity (Wildman–Crippen MR) is 458 cm³/mol. The molecule has 0 unspecified atom stereocenters. The number of halogens is 1. The van der Waals surface area contributed by atoms with Gasteiger partial charge in [0.15, 0.2) is 74.5 Å². The number of aldehydes is 2. The Kier molecular flexibility index (Phi) is 46.0. The number of aromatic hydroxyl groups is 4. The molecule has 0 aliphatic heterocycles. The fourth-order valence-electron chi connectivity index (χ4n) is 9.84. The summed E-state index contributed by atoms with van der Waals surface area (Å²) in [6.45, 7) is 22.5. The minimum Gasteiger partial charge on any atom is -0.748 e. The first-order valence-corrected chi connectivity index (χ1v) is 39.9. The van der Waals surface area contributed by atoms with Gasteiger partial charge in [-0.3, -0.25) is 19.4 Å². The number of phenols is 4. The van der Waals surface area contributed by atoms with Crippen LogP contribution < -0.4 is 39.0 Å². The van der Waals surface area contributed by atoms with Crippen molar-refractivity contribution in [2.75, 3.05) is 24.3 Å². The molecule has 117 heavy (non-hydrogen) atoms. The number of carboxylic acid groups (broad SMARTS) is 4. The van der Waals surface area contributed by atoms with Crippen molar-refractivity contribution in [2.45, 2.75) is 76.2 Å². The highest BCUT2D eigenvalue weighted by molar-refractivity contribution is 14.1. The summed E-state index contributed by atoms with van der Waals surface area (Å²) in [5, 5.41) is 78.0. The van der Waals surface area contributed by atoms with E-state index < -0.39 is 39.7 Å². The molecule has 0 atom stereocenters. The van der Waals surface area contributed by atoms with Crippen LogP contribution >= 0.6 is 22.6 Å². The fraction of sp³-hybridized carbons (Fsp3) is 0.225. The monoisotopic (exact) mass is 1730 g/mol. The van der Waals surface area contributed by atoms with E-state index >= 15 is 0 Å². The van der Waals surface area contributed by atoms with Gasteiger partial charge >= 0.3 is 17.9 Å². The largest absolute Gasteiger partial charge is 0.748 e. The third-order valence-corrected chi connectivity index (χ3v) is 16.1. The second-order valence-electron chi connectivity index (χ2n) is 25.8. The standard InChI is InChI=1S/C27H30N4O2.C25H24N2O3.C9H6O5.C8H12N.C7H9N.C7H6O3.C2H4O2.C2H6.CH3I.CH4O3S/c1-19-17-30(3)13-9-21(19)5-7-23-15-25(27(33)29-12-11-28)16-24(26(23)32)8-6-22-10-14-31(4)18-20(22)2;1-17-15-26(3)11-9-19(17)5-7-21-13-23(25(29)30)14-22(24(21)28)8-6-20-10-12-27(4)16-18(20)2;10-3-6-1-5(9(13)14)2-7(4-11)8(6)12;1-7-4-5-9(3)6-8(7)2;1-6-3-4-8-5-7(6)2;8-6-3-1-5(2-4-6)7(9)10;1-2(3)4;2*1-2;1-5(2,3)4/h5-10,13-18H,11-12,28H2,1-4H3;5-16H,1-4H3;1-4,12H,(H,13,14);4-6H,1-3H3;3-5H,1-2H3;1-4,8H,(H,9,10);1H3,(H,3,4);1-2H3;1H3;1H3,(H,2,3,4)/q;;;+1;;;;;;/p+3. The number of amides is 1. The van der Waals surface area contributed by atoms with Crippen molar-refractivity contribution in [3.63, 3.8) is 0 Å². The summed E-state index contributed by atoms with van der Waals surface area (Å²) >= 11 is 2.15. The van der Waals surface area contributed by atoms with Gasteiger partial charge in [0.05, 0.1) is 51.0 Å². The molecule has 0 fully saturated rings. The van der Waals surface area contributed by atoms with E-state index in [9.17, 15) is 49.2 Å². The van der Waals surface area contributed by atoms with Gasteiger partial charge < -0.3 is 61.2 Å². The lowest BCUT2D eigenvalue weighted by Crippen LogP contribution is -2.54. The van der Waals surface area contributed by atoms with Crippen LogP contribution in [0.2, 0.25) is 0 Å². The number of nitrogens with zero attached hydrogens (tertiary/aromatic N) is 6. The average Bonchev–Trinajstić information content (AvgIpc) is 0.458. The van der Waals surface area contributed by atoms with Crippen molar-refractivity contribution in [1.82, 2.24) is 10.3 Å². The number of benzene rings is 4. The molecule has 4 aromatic carbocycles. The minimum absolute atomic E-state index is 0.0470. The molecule has 1 amide bonds. The Balaban J connectivity index is 0.000000731. The molecular weight excluding hydrogens is 1630 g/mol. The Morgan fingerprint density at radius 3 is 0.949 bits per heavy atom. The molecule has 0 radical (unpaired) electrons. The molecule has 0 bridgehead atoms. The number of hydrogen-bond acceptors (Lipinski definition) is 16. The van der Waals surface area contributed by atoms with Crippen molar-refractivity contribution in [2.24, 2.45) is 35.2 Å². The molecule has 0 spiro atoms. The molecule has 28 heteroatoms. The molecule has 0 saturated heterocycles. The van der Waals surface area contributed by atoms with Crippen LogP contribution in [0.15, 0.2) is 171 Å². The van der Waals surface area contributed by atoms with Gasteiger partial charge in [0.25, 0.3) is 5.91 Å². The maximum Gasteiger partial charge on any atom is 0.335 e. The predicted octanol–water partition coefficient (Wildman–Crippen LogP) is 10.3. The quantitative estimate of drug-likeness (QED) is 0.0143. The normalized spacial score (nSPS) is 10.3. The lowest BCUT2D eigenvalue weighted by Gasteiger charge is -2.10. The van der Waals surface area contributed by atoms with E-state index in [1.807, 2.05) is 229 Å². The van der Waals surface area contributed by atoms with Crippen molar-refractivity contribution < 1.29 is 116 Å². The smallest absolute Gasteiger partial charge is 0.335 e. The van der Waals surface area contributed by atoms with Gasteiger partial charge in [-0.05, 0) is 173 Å². The van der Waals surface area contributed by atoms with E-state index in [-0.39, 0.29) is 63.5 Å². The molecule has 26 nitrogen and oxygen atoms in total. The lowest BCUT2D eigenvalue weighted by atomic mass is 10.0. The Labute approximate surface area is 698 Å². The SMILES string of the molecule is CC.CC(=O)[O-].CI.CS(=O)(=O)[O-].Cc1c[n+](C)ccc1/C=C/c1cc(C(=O)NCC[NH3+])cc(/C=C/c2cc[n+](C)cc2C)c1O.Cc1c[n+](C)ccc1/C=C/c1cc(C(=O)O)cc(/C=C/c2cc[n+](C)cc2C)c1O.Cc1cc[n+](C)cc1C.Cc1ccncc1C.O=C(O)c1ccc(O)cc1.O=Cc1cc(C(=O)O)cc(C=O)c1O. The van der Waals surface area contributed by atoms with E-state index in [1.165, 1.54) is 58.7 Å². The molecule has 6 aromatic heterocycles. The molecular formula is C89H107IN8O18S+4. The number of aromatic carboxylic acids is 3. The Morgan fingerprint density at radius 1 is 0.436 bits per heavy atom. The van der Waals surface area contributed by atoms with Crippen LogP contribution in [-0.4, -0.2) is 120 Å². The number of rotatable bonds is 16. The summed E-state index contributed by atoms with van der Waals surface area (Å²) in [7, 11) is 5.98. The number of pyridine rings is 6. The third kappa shape index (κ3) is 38.7. The Morgan fingerprint density at radius 2 is 0.701 bits per heavy atom. The van der Waals surface area contributed by atoms with Crippen molar-refractivity contribution in [3.8, 4) is 23.0 Å². The molecule has 11 N–H and O–H groups in total. The van der Waals surface area contributed by atoms with Crippen molar-refractivity contribution in [3.05, 3.63) is 294 Å². The van der Waals surface area contributed by atoms with E-state index in [1.54, 1.807) is 24.3 Å². The van der Waals surface area contributed by atoms with Crippen molar-refractivity contribution in [1.29, 1.82) is 0 Å². The molecule has 0 aliphatic carbocycles. The summed E-state index contributed by atoms with van der Waals surface area (Å²) in [5.74, 6) is -4.81. The minimum atomic E-state index is -3.92. The highest BCUT2D eigenvalue weighted by Crippen LogP contribution is 2.31. The highest BCUT2D eigenvalue weighted by atomic mass is 127. The fourth-order valence-corrected chi connectivity index (χ4v) is 9.84. The zero-order chi connectivity index (χ0) is 89.0. The van der Waals surface area contributed by atoms with E-state index in [0.717, 1.165) is 63.6 Å². The second kappa shape index (κ2) is 52.6. The highest BCUT2D eigenvalue weighted by Gasteiger charge is 2.16. The number of carbonyl (C=O) groups excluding carboxylic acids is 4. The first-order chi connectivity index (χ1) is 55.0. The van der Waals surface area contributed by atoms with Crippen LogP contribution in [0.1, 0.15) is 172 Å². The van der Waals surface area contributed by atoms with Crippen LogP contribution in [0.5, 0.6) is 23.0 Å². The number of aliphatic carboxylic acids is 1. The average molecular weight is 1740 g/mol. The number of quaternary nitrogens is 1. The van der Waals surface area contributed by atoms with Gasteiger partial charge in [-0.15, -0.1) is 0 Å². The number of carbonyl (C=O) groups is 7. The molecule has 620 valence electrons. The summed E-state index contributed by atoms with van der Waals surface area (Å²) in [4.78, 5) is 80.7. The summed E-state index contributed by atoms with van der Waals surface area (Å²) < 4.78 is 37.2. The number of carboxylic acids is 4. The lowest BCUT2D eigenvalue weighted by molar-refractivity contribution is -0.672. The number of aryl methyl sites for hydroxylation is 13. The summed E-state index contributed by atoms with van der Waals surface area (Å²) in [6, 6.07) is 25.9. The second-order valence-corrected chi connectivity index (χ2v) is 27.2. The topological polar surface area (TPSA) is 413 Å². The number of aromatic nitrogens is 6. The third-order valence-electron chi connectivity index (χ3n) is 16.1. The number of hydrogen-bond donors (Lipinski definition) is 9. The molecule has 0 saturated carbocycles. The van der Waals surface area contributed by atoms with Crippen LogP contribution in [0.3, 0.4) is 0 Å². The first kappa shape index (κ1) is 102. The van der Waals surface area contributed by atoms with Gasteiger partial charge in [-0.25, -0.2) is 45.6 Å². The van der Waals surface area contributed by atoms with Gasteiger partial charge in [0.2, 0.25) is 0 Å². The Bertz CT molecular complexity index is 5050. The van der Waals surface area contributed by atoms with Crippen LogP contribution in [-0.2, 0) is 50.2 Å².